The number of rotatable bonds is 5. The molecule has 1 aliphatic heterocycles. The summed E-state index contributed by atoms with van der Waals surface area (Å²) in [6, 6.07) is 2.18. The molecule has 22 heavy (non-hydrogen) atoms. The smallest absolute Gasteiger partial charge is 0.257 e. The van der Waals surface area contributed by atoms with Gasteiger partial charge in [0.25, 0.3) is 5.91 Å². The van der Waals surface area contributed by atoms with Crippen molar-refractivity contribution in [2.45, 2.75) is 12.5 Å². The standard InChI is InChI=1S/C14H17F2NO4S/c1-21-6-5-17(11-4-7-22(19,20)9-11)14(18)12-3-2-10(15)8-13(12)16/h2-3,8,11H,4-7,9H2,1H3. The van der Waals surface area contributed by atoms with Crippen LogP contribution >= 0.6 is 0 Å². The summed E-state index contributed by atoms with van der Waals surface area (Å²) in [5, 5.41) is 0. The highest BCUT2D eigenvalue weighted by Crippen LogP contribution is 2.21. The third-order valence-corrected chi connectivity index (χ3v) is 5.36. The lowest BCUT2D eigenvalue weighted by atomic mass is 10.1. The first kappa shape index (κ1) is 16.8. The van der Waals surface area contributed by atoms with Gasteiger partial charge in [-0.3, -0.25) is 4.79 Å². The lowest BCUT2D eigenvalue weighted by Gasteiger charge is -2.28. The molecule has 1 amide bonds. The quantitative estimate of drug-likeness (QED) is 0.813. The van der Waals surface area contributed by atoms with Crippen molar-refractivity contribution in [3.63, 3.8) is 0 Å². The number of nitrogens with zero attached hydrogens (tertiary/aromatic N) is 1. The number of halogens is 2. The average molecular weight is 333 g/mol. The number of amides is 1. The number of ether oxygens (including phenoxy) is 1. The van der Waals surface area contributed by atoms with E-state index in [0.29, 0.717) is 12.5 Å². The topological polar surface area (TPSA) is 63.7 Å². The molecule has 122 valence electrons. The zero-order chi connectivity index (χ0) is 16.3. The minimum Gasteiger partial charge on any atom is -0.383 e. The summed E-state index contributed by atoms with van der Waals surface area (Å²) in [6.07, 6.45) is 0.306. The Morgan fingerprint density at radius 3 is 2.68 bits per heavy atom. The van der Waals surface area contributed by atoms with Crippen LogP contribution < -0.4 is 0 Å². The Balaban J connectivity index is 2.26. The lowest BCUT2D eigenvalue weighted by molar-refractivity contribution is 0.0619. The van der Waals surface area contributed by atoms with Gasteiger partial charge in [0.05, 0.1) is 23.7 Å². The number of carbonyl (C=O) groups is 1. The molecule has 1 aliphatic rings. The van der Waals surface area contributed by atoms with Crippen LogP contribution in [0.1, 0.15) is 16.8 Å². The molecule has 1 saturated heterocycles. The van der Waals surface area contributed by atoms with Crippen molar-refractivity contribution in [2.75, 3.05) is 31.8 Å². The van der Waals surface area contributed by atoms with Gasteiger partial charge in [-0.25, -0.2) is 17.2 Å². The van der Waals surface area contributed by atoms with Gasteiger partial charge in [0.15, 0.2) is 9.84 Å². The maximum atomic E-state index is 13.8. The molecule has 1 unspecified atom stereocenters. The summed E-state index contributed by atoms with van der Waals surface area (Å²) in [7, 11) is -1.74. The van der Waals surface area contributed by atoms with Gasteiger partial charge in [-0.2, -0.15) is 0 Å². The monoisotopic (exact) mass is 333 g/mol. The van der Waals surface area contributed by atoms with E-state index in [4.69, 9.17) is 4.74 Å². The Bertz CT molecular complexity index is 663. The maximum absolute atomic E-state index is 13.8. The van der Waals surface area contributed by atoms with Gasteiger partial charge >= 0.3 is 0 Å². The SMILES string of the molecule is COCCN(C(=O)c1ccc(F)cc1F)C1CCS(=O)(=O)C1. The second kappa shape index (κ2) is 6.70. The molecular formula is C14H17F2NO4S. The molecule has 1 aromatic carbocycles. The number of benzene rings is 1. The molecule has 1 heterocycles. The van der Waals surface area contributed by atoms with Crippen molar-refractivity contribution in [2.24, 2.45) is 0 Å². The van der Waals surface area contributed by atoms with Crippen molar-refractivity contribution < 1.29 is 26.7 Å². The number of hydrogen-bond donors (Lipinski definition) is 0. The summed E-state index contributed by atoms with van der Waals surface area (Å²) in [5.74, 6) is -2.54. The van der Waals surface area contributed by atoms with Gasteiger partial charge in [0.1, 0.15) is 11.6 Å². The summed E-state index contributed by atoms with van der Waals surface area (Å²) in [4.78, 5) is 13.8. The van der Waals surface area contributed by atoms with Crippen molar-refractivity contribution in [1.82, 2.24) is 4.90 Å². The first-order valence-corrected chi connectivity index (χ1v) is 8.61. The van der Waals surface area contributed by atoms with E-state index in [0.717, 1.165) is 12.1 Å². The van der Waals surface area contributed by atoms with E-state index >= 15 is 0 Å². The molecule has 1 fully saturated rings. The number of hydrogen-bond acceptors (Lipinski definition) is 4. The fourth-order valence-electron chi connectivity index (χ4n) is 2.48. The van der Waals surface area contributed by atoms with Crippen LogP contribution in [-0.4, -0.2) is 57.0 Å². The van der Waals surface area contributed by atoms with Gasteiger partial charge in [-0.1, -0.05) is 0 Å². The first-order chi connectivity index (χ1) is 10.3. The van der Waals surface area contributed by atoms with Crippen LogP contribution in [0.15, 0.2) is 18.2 Å². The van der Waals surface area contributed by atoms with Gasteiger partial charge in [0, 0.05) is 25.8 Å². The second-order valence-electron chi connectivity index (χ2n) is 5.17. The third-order valence-electron chi connectivity index (χ3n) is 3.61. The molecule has 1 aromatic rings. The number of methoxy groups -OCH3 is 1. The zero-order valence-electron chi connectivity index (χ0n) is 12.1. The molecule has 5 nitrogen and oxygen atoms in total. The van der Waals surface area contributed by atoms with Gasteiger partial charge in [-0.05, 0) is 18.6 Å². The molecule has 0 saturated carbocycles. The van der Waals surface area contributed by atoms with E-state index in [9.17, 15) is 22.0 Å². The van der Waals surface area contributed by atoms with Crippen LogP contribution in [-0.2, 0) is 14.6 Å². The summed E-state index contributed by atoms with van der Waals surface area (Å²) in [6.45, 7) is 0.345. The molecule has 0 radical (unpaired) electrons. The Hall–Kier alpha value is -1.54. The minimum atomic E-state index is -3.19. The normalized spacial score (nSPS) is 20.0. The molecule has 0 aliphatic carbocycles. The Morgan fingerprint density at radius 2 is 2.14 bits per heavy atom. The van der Waals surface area contributed by atoms with E-state index in [1.165, 1.54) is 12.0 Å². The fourth-order valence-corrected chi connectivity index (χ4v) is 4.21. The highest BCUT2D eigenvalue weighted by molar-refractivity contribution is 7.91. The number of sulfone groups is 1. The van der Waals surface area contributed by atoms with Crippen molar-refractivity contribution in [3.05, 3.63) is 35.4 Å². The molecule has 0 spiro atoms. The Kier molecular flexibility index (Phi) is 5.12. The van der Waals surface area contributed by atoms with Gasteiger partial charge in [0.2, 0.25) is 0 Å². The lowest BCUT2D eigenvalue weighted by Crippen LogP contribution is -2.43. The van der Waals surface area contributed by atoms with Crippen molar-refractivity contribution >= 4 is 15.7 Å². The van der Waals surface area contributed by atoms with Crippen LogP contribution in [0.5, 0.6) is 0 Å². The molecule has 0 N–H and O–H groups in total. The van der Waals surface area contributed by atoms with E-state index in [1.54, 1.807) is 0 Å². The van der Waals surface area contributed by atoms with Crippen LogP contribution in [0.4, 0.5) is 8.78 Å². The van der Waals surface area contributed by atoms with Crippen molar-refractivity contribution in [1.29, 1.82) is 0 Å². The van der Waals surface area contributed by atoms with E-state index in [-0.39, 0.29) is 30.2 Å². The largest absolute Gasteiger partial charge is 0.383 e. The van der Waals surface area contributed by atoms with Crippen LogP contribution in [0.3, 0.4) is 0 Å². The molecule has 0 aromatic heterocycles. The zero-order valence-corrected chi connectivity index (χ0v) is 12.9. The molecule has 8 heteroatoms. The van der Waals surface area contributed by atoms with Crippen LogP contribution in [0.25, 0.3) is 0 Å². The average Bonchev–Trinajstić information content (AvgIpc) is 2.79. The number of carbonyl (C=O) groups excluding carboxylic acids is 1. The Labute approximate surface area is 127 Å². The predicted molar refractivity (Wildman–Crippen MR) is 76.3 cm³/mol. The third kappa shape index (κ3) is 3.80. The molecule has 0 bridgehead atoms. The van der Waals surface area contributed by atoms with Crippen LogP contribution in [0, 0.1) is 11.6 Å². The second-order valence-corrected chi connectivity index (χ2v) is 7.40. The minimum absolute atomic E-state index is 0.000326. The summed E-state index contributed by atoms with van der Waals surface area (Å²) < 4.78 is 54.9. The summed E-state index contributed by atoms with van der Waals surface area (Å²) in [5.41, 5.74) is -0.276. The molecule has 2 rings (SSSR count). The molecule has 1 atom stereocenters. The first-order valence-electron chi connectivity index (χ1n) is 6.79. The van der Waals surface area contributed by atoms with E-state index in [2.05, 4.69) is 0 Å². The van der Waals surface area contributed by atoms with E-state index in [1.807, 2.05) is 0 Å². The summed E-state index contributed by atoms with van der Waals surface area (Å²) >= 11 is 0. The highest BCUT2D eigenvalue weighted by Gasteiger charge is 2.35. The highest BCUT2D eigenvalue weighted by atomic mass is 32.2. The Morgan fingerprint density at radius 1 is 1.41 bits per heavy atom. The van der Waals surface area contributed by atoms with E-state index < -0.39 is 33.4 Å². The van der Waals surface area contributed by atoms with Crippen LogP contribution in [0.2, 0.25) is 0 Å². The molecular weight excluding hydrogens is 316 g/mol. The maximum Gasteiger partial charge on any atom is 0.257 e. The van der Waals surface area contributed by atoms with Gasteiger partial charge in [-0.15, -0.1) is 0 Å². The predicted octanol–water partition coefficient (Wildman–Crippen LogP) is 1.24. The van der Waals surface area contributed by atoms with Crippen molar-refractivity contribution in [3.8, 4) is 0 Å². The van der Waals surface area contributed by atoms with Gasteiger partial charge < -0.3 is 9.64 Å². The fraction of sp³-hybridized carbons (Fsp3) is 0.500.